The Morgan fingerprint density at radius 3 is 2.63 bits per heavy atom. The van der Waals surface area contributed by atoms with E-state index in [2.05, 4.69) is 12.2 Å². The largest absolute Gasteiger partial charge is 0.497 e. The molecule has 158 valence electrons. The van der Waals surface area contributed by atoms with Crippen molar-refractivity contribution < 1.29 is 19.1 Å². The average Bonchev–Trinajstić information content (AvgIpc) is 3.27. The Labute approximate surface area is 179 Å². The van der Waals surface area contributed by atoms with Crippen molar-refractivity contribution in [2.75, 3.05) is 23.9 Å². The predicted molar refractivity (Wildman–Crippen MR) is 116 cm³/mol. The van der Waals surface area contributed by atoms with E-state index in [1.807, 2.05) is 0 Å². The van der Waals surface area contributed by atoms with Gasteiger partial charge in [0.25, 0.3) is 5.91 Å². The van der Waals surface area contributed by atoms with Crippen LogP contribution in [0, 0.1) is 11.8 Å². The number of thiophene rings is 1. The molecule has 2 heterocycles. The Morgan fingerprint density at radius 1 is 1.23 bits per heavy atom. The molecule has 3 N–H and O–H groups in total. The molecule has 0 radical (unpaired) electrons. The number of ether oxygens (including phenoxy) is 1. The maximum Gasteiger partial charge on any atom is 0.251 e. The fraction of sp³-hybridized carbons (Fsp3) is 0.409. The van der Waals surface area contributed by atoms with Crippen LogP contribution in [0.4, 0.5) is 10.7 Å². The predicted octanol–water partition coefficient (Wildman–Crippen LogP) is 2.97. The molecule has 1 aliphatic heterocycles. The lowest BCUT2D eigenvalue weighted by molar-refractivity contribution is -0.122. The minimum absolute atomic E-state index is 0.102. The summed E-state index contributed by atoms with van der Waals surface area (Å²) in [7, 11) is 1.58. The number of amides is 3. The molecule has 2 aliphatic rings. The molecule has 1 fully saturated rings. The first-order valence-electron chi connectivity index (χ1n) is 10.1. The molecule has 1 saturated heterocycles. The van der Waals surface area contributed by atoms with Gasteiger partial charge in [-0.05, 0) is 55.0 Å². The number of primary amides is 1. The van der Waals surface area contributed by atoms with Gasteiger partial charge in [0, 0.05) is 23.5 Å². The third-order valence-corrected chi connectivity index (χ3v) is 7.04. The number of nitrogens with two attached hydrogens (primary N) is 1. The molecule has 3 amide bonds. The molecule has 2 unspecified atom stereocenters. The van der Waals surface area contributed by atoms with Crippen LogP contribution < -0.4 is 20.7 Å². The quantitative estimate of drug-likeness (QED) is 0.766. The van der Waals surface area contributed by atoms with Crippen LogP contribution >= 0.6 is 11.3 Å². The number of carbonyl (C=O) groups is 3. The fourth-order valence-corrected chi connectivity index (χ4v) is 5.63. The standard InChI is InChI=1S/C22H25N3O4S/c1-12-3-8-16-17(9-12)30-22(19(16)20(23)27)24-21(28)13-10-18(26)25(11-13)14-4-6-15(29-2)7-5-14/h4-7,12-13H,3,8-11H2,1-2H3,(H2,23,27)(H,24,28). The van der Waals surface area contributed by atoms with Gasteiger partial charge in [0.1, 0.15) is 10.8 Å². The first-order chi connectivity index (χ1) is 14.4. The van der Waals surface area contributed by atoms with E-state index in [-0.39, 0.29) is 18.2 Å². The van der Waals surface area contributed by atoms with E-state index in [0.29, 0.717) is 28.8 Å². The van der Waals surface area contributed by atoms with E-state index in [1.165, 1.54) is 11.3 Å². The Bertz CT molecular complexity index is 999. The second-order valence-corrected chi connectivity index (χ2v) is 9.12. The highest BCUT2D eigenvalue weighted by atomic mass is 32.1. The fourth-order valence-electron chi connectivity index (χ4n) is 4.21. The van der Waals surface area contributed by atoms with Gasteiger partial charge >= 0.3 is 0 Å². The first-order valence-corrected chi connectivity index (χ1v) is 10.9. The summed E-state index contributed by atoms with van der Waals surface area (Å²) in [5.41, 5.74) is 7.78. The number of rotatable bonds is 5. The maximum absolute atomic E-state index is 12.9. The van der Waals surface area contributed by atoms with Crippen molar-refractivity contribution in [1.29, 1.82) is 0 Å². The third-order valence-electron chi connectivity index (χ3n) is 5.87. The number of nitrogens with zero attached hydrogens (tertiary/aromatic N) is 1. The van der Waals surface area contributed by atoms with Crippen molar-refractivity contribution in [1.82, 2.24) is 0 Å². The number of benzene rings is 1. The number of fused-ring (bicyclic) bond motifs is 1. The number of hydrogen-bond donors (Lipinski definition) is 2. The number of anilines is 2. The van der Waals surface area contributed by atoms with Gasteiger partial charge in [-0.2, -0.15) is 0 Å². The number of methoxy groups -OCH3 is 1. The molecule has 8 heteroatoms. The summed E-state index contributed by atoms with van der Waals surface area (Å²) >= 11 is 1.44. The van der Waals surface area contributed by atoms with Gasteiger partial charge in [0.2, 0.25) is 11.8 Å². The van der Waals surface area contributed by atoms with Crippen LogP contribution in [0.2, 0.25) is 0 Å². The molecule has 0 saturated carbocycles. The maximum atomic E-state index is 12.9. The van der Waals surface area contributed by atoms with Crippen LogP contribution in [0.15, 0.2) is 24.3 Å². The first kappa shape index (κ1) is 20.4. The Morgan fingerprint density at radius 2 is 1.97 bits per heavy atom. The topological polar surface area (TPSA) is 102 Å². The summed E-state index contributed by atoms with van der Waals surface area (Å²) in [4.78, 5) is 40.3. The van der Waals surface area contributed by atoms with Crippen molar-refractivity contribution >= 4 is 39.7 Å². The summed E-state index contributed by atoms with van der Waals surface area (Å²) in [6.45, 7) is 2.48. The highest BCUT2D eigenvalue weighted by Gasteiger charge is 2.36. The van der Waals surface area contributed by atoms with Crippen LogP contribution in [-0.2, 0) is 22.4 Å². The van der Waals surface area contributed by atoms with E-state index in [1.54, 1.807) is 36.3 Å². The second-order valence-electron chi connectivity index (χ2n) is 8.01. The lowest BCUT2D eigenvalue weighted by Crippen LogP contribution is -2.28. The zero-order valence-electron chi connectivity index (χ0n) is 17.1. The highest BCUT2D eigenvalue weighted by molar-refractivity contribution is 7.17. The third kappa shape index (κ3) is 3.79. The summed E-state index contributed by atoms with van der Waals surface area (Å²) in [5, 5.41) is 3.41. The summed E-state index contributed by atoms with van der Waals surface area (Å²) in [5.74, 6) is -0.109. The van der Waals surface area contributed by atoms with Gasteiger partial charge in [0.15, 0.2) is 0 Å². The van der Waals surface area contributed by atoms with Crippen molar-refractivity contribution in [2.24, 2.45) is 17.6 Å². The minimum atomic E-state index is -0.514. The summed E-state index contributed by atoms with van der Waals surface area (Å²) in [6, 6.07) is 7.17. The number of carbonyl (C=O) groups excluding carboxylic acids is 3. The van der Waals surface area contributed by atoms with Crippen molar-refractivity contribution in [2.45, 2.75) is 32.6 Å². The van der Waals surface area contributed by atoms with E-state index < -0.39 is 11.8 Å². The Balaban J connectivity index is 1.51. The summed E-state index contributed by atoms with van der Waals surface area (Å²) < 4.78 is 5.15. The second kappa shape index (κ2) is 8.10. The van der Waals surface area contributed by atoms with Crippen molar-refractivity contribution in [3.63, 3.8) is 0 Å². The summed E-state index contributed by atoms with van der Waals surface area (Å²) in [6.07, 6.45) is 2.83. The SMILES string of the molecule is COc1ccc(N2CC(C(=O)Nc3sc4c(c3C(N)=O)CCC(C)C4)CC2=O)cc1. The molecular weight excluding hydrogens is 402 g/mol. The zero-order chi connectivity index (χ0) is 21.4. The average molecular weight is 428 g/mol. The van der Waals surface area contributed by atoms with Gasteiger partial charge in [-0.3, -0.25) is 14.4 Å². The van der Waals surface area contributed by atoms with E-state index in [4.69, 9.17) is 10.5 Å². The van der Waals surface area contributed by atoms with Crippen LogP contribution in [0.5, 0.6) is 5.75 Å². The molecule has 1 aliphatic carbocycles. The lowest BCUT2D eigenvalue weighted by atomic mass is 9.88. The highest BCUT2D eigenvalue weighted by Crippen LogP contribution is 2.40. The minimum Gasteiger partial charge on any atom is -0.497 e. The smallest absolute Gasteiger partial charge is 0.251 e. The molecule has 7 nitrogen and oxygen atoms in total. The van der Waals surface area contributed by atoms with E-state index >= 15 is 0 Å². The number of hydrogen-bond acceptors (Lipinski definition) is 5. The molecule has 1 aromatic heterocycles. The van der Waals surface area contributed by atoms with Gasteiger partial charge in [-0.25, -0.2) is 0 Å². The van der Waals surface area contributed by atoms with Gasteiger partial charge < -0.3 is 20.7 Å². The van der Waals surface area contributed by atoms with Crippen molar-refractivity contribution in [3.05, 3.63) is 40.3 Å². The van der Waals surface area contributed by atoms with Crippen LogP contribution in [-0.4, -0.2) is 31.4 Å². The molecular formula is C22H25N3O4S. The number of nitrogens with one attached hydrogen (secondary N) is 1. The monoisotopic (exact) mass is 427 g/mol. The van der Waals surface area contributed by atoms with Crippen LogP contribution in [0.25, 0.3) is 0 Å². The van der Waals surface area contributed by atoms with E-state index in [0.717, 1.165) is 35.4 Å². The molecule has 0 spiro atoms. The molecule has 2 aromatic rings. The van der Waals surface area contributed by atoms with Gasteiger partial charge in [0.05, 0.1) is 18.6 Å². The van der Waals surface area contributed by atoms with Crippen LogP contribution in [0.1, 0.15) is 40.6 Å². The lowest BCUT2D eigenvalue weighted by Gasteiger charge is -2.18. The molecule has 0 bridgehead atoms. The molecule has 2 atom stereocenters. The Kier molecular flexibility index (Phi) is 5.51. The normalized spacial score (nSPS) is 20.7. The molecule has 30 heavy (non-hydrogen) atoms. The van der Waals surface area contributed by atoms with Gasteiger partial charge in [-0.1, -0.05) is 6.92 Å². The Hall–Kier alpha value is -2.87. The molecule has 1 aromatic carbocycles. The van der Waals surface area contributed by atoms with E-state index in [9.17, 15) is 14.4 Å². The van der Waals surface area contributed by atoms with Crippen LogP contribution in [0.3, 0.4) is 0 Å². The zero-order valence-corrected chi connectivity index (χ0v) is 17.9. The molecule has 4 rings (SSSR count). The van der Waals surface area contributed by atoms with Gasteiger partial charge in [-0.15, -0.1) is 11.3 Å². The van der Waals surface area contributed by atoms with Crippen molar-refractivity contribution in [3.8, 4) is 5.75 Å².